The van der Waals surface area contributed by atoms with Gasteiger partial charge in [-0.15, -0.1) is 11.3 Å². The third-order valence-corrected chi connectivity index (χ3v) is 4.59. The average Bonchev–Trinajstić information content (AvgIpc) is 2.73. The molecular formula is C14H16O2S. The van der Waals surface area contributed by atoms with Crippen molar-refractivity contribution >= 4 is 21.4 Å². The summed E-state index contributed by atoms with van der Waals surface area (Å²) in [5.74, 6) is 0. The van der Waals surface area contributed by atoms with Crippen LogP contribution >= 0.6 is 11.3 Å². The summed E-state index contributed by atoms with van der Waals surface area (Å²) in [6, 6.07) is 8.54. The van der Waals surface area contributed by atoms with Crippen molar-refractivity contribution in [1.82, 2.24) is 0 Å². The number of fused-ring (bicyclic) bond motifs is 1. The molecule has 0 unspecified atom stereocenters. The quantitative estimate of drug-likeness (QED) is 0.901. The molecule has 90 valence electrons. The molecule has 2 heterocycles. The second kappa shape index (κ2) is 4.41. The van der Waals surface area contributed by atoms with Crippen molar-refractivity contribution < 1.29 is 9.84 Å². The third-order valence-electron chi connectivity index (χ3n) is 3.62. The largest absolute Gasteiger partial charge is 0.396 e. The molecular weight excluding hydrogens is 232 g/mol. The van der Waals surface area contributed by atoms with Crippen LogP contribution in [0.1, 0.15) is 18.4 Å². The van der Waals surface area contributed by atoms with Crippen molar-refractivity contribution in [3.63, 3.8) is 0 Å². The van der Waals surface area contributed by atoms with E-state index in [4.69, 9.17) is 9.84 Å². The zero-order chi connectivity index (χ0) is 11.7. The van der Waals surface area contributed by atoms with Crippen LogP contribution in [0, 0.1) is 0 Å². The predicted molar refractivity (Wildman–Crippen MR) is 70.6 cm³/mol. The normalized spacial score (nSPS) is 18.2. The maximum absolute atomic E-state index is 9.02. The van der Waals surface area contributed by atoms with E-state index in [1.54, 1.807) is 11.3 Å². The Labute approximate surface area is 105 Å². The molecule has 0 radical (unpaired) electrons. The van der Waals surface area contributed by atoms with E-state index in [0.29, 0.717) is 0 Å². The SMILES string of the molecule is OCCCC1(c2csc3ccccc23)COC1. The minimum atomic E-state index is 0.155. The molecule has 0 aliphatic carbocycles. The monoisotopic (exact) mass is 248 g/mol. The molecule has 1 aliphatic rings. The van der Waals surface area contributed by atoms with E-state index in [1.807, 2.05) is 0 Å². The Bertz CT molecular complexity index is 514. The Kier molecular flexibility index (Phi) is 2.90. The maximum Gasteiger partial charge on any atom is 0.0586 e. The number of ether oxygens (including phenoxy) is 1. The smallest absolute Gasteiger partial charge is 0.0586 e. The van der Waals surface area contributed by atoms with Crippen LogP contribution in [0.15, 0.2) is 29.6 Å². The fraction of sp³-hybridized carbons (Fsp3) is 0.429. The number of aliphatic hydroxyl groups is 1. The van der Waals surface area contributed by atoms with E-state index < -0.39 is 0 Å². The number of hydrogen-bond donors (Lipinski definition) is 1. The molecule has 0 atom stereocenters. The highest BCUT2D eigenvalue weighted by Crippen LogP contribution is 2.42. The van der Waals surface area contributed by atoms with Crippen molar-refractivity contribution in [3.05, 3.63) is 35.2 Å². The van der Waals surface area contributed by atoms with E-state index >= 15 is 0 Å². The van der Waals surface area contributed by atoms with Gasteiger partial charge < -0.3 is 9.84 Å². The fourth-order valence-corrected chi connectivity index (χ4v) is 3.67. The highest BCUT2D eigenvalue weighted by atomic mass is 32.1. The minimum absolute atomic E-state index is 0.155. The number of rotatable bonds is 4. The lowest BCUT2D eigenvalue weighted by Gasteiger charge is -2.41. The highest BCUT2D eigenvalue weighted by molar-refractivity contribution is 7.17. The van der Waals surface area contributed by atoms with Gasteiger partial charge in [0.25, 0.3) is 0 Å². The van der Waals surface area contributed by atoms with Crippen molar-refractivity contribution in [1.29, 1.82) is 0 Å². The Hall–Kier alpha value is -0.900. The summed E-state index contributed by atoms with van der Waals surface area (Å²) in [6.45, 7) is 1.87. The molecule has 0 bridgehead atoms. The molecule has 3 heteroatoms. The van der Waals surface area contributed by atoms with Gasteiger partial charge in [-0.1, -0.05) is 18.2 Å². The standard InChI is InChI=1S/C14H16O2S/c15-7-3-6-14(9-16-10-14)12-8-17-13-5-2-1-4-11(12)13/h1-2,4-5,8,15H,3,6-7,9-10H2. The summed E-state index contributed by atoms with van der Waals surface area (Å²) in [4.78, 5) is 0. The summed E-state index contributed by atoms with van der Waals surface area (Å²) in [5, 5.41) is 12.7. The van der Waals surface area contributed by atoms with Gasteiger partial charge in [0.05, 0.1) is 13.2 Å². The van der Waals surface area contributed by atoms with Gasteiger partial charge in [-0.2, -0.15) is 0 Å². The third kappa shape index (κ3) is 1.79. The summed E-state index contributed by atoms with van der Waals surface area (Å²) >= 11 is 1.81. The van der Waals surface area contributed by atoms with Crippen LogP contribution in [-0.2, 0) is 10.2 Å². The molecule has 1 N–H and O–H groups in total. The first-order chi connectivity index (χ1) is 8.36. The van der Waals surface area contributed by atoms with Crippen LogP contribution in [0.3, 0.4) is 0 Å². The lowest BCUT2D eigenvalue weighted by molar-refractivity contribution is -0.0656. The first-order valence-electron chi connectivity index (χ1n) is 6.01. The summed E-state index contributed by atoms with van der Waals surface area (Å²) in [7, 11) is 0. The average molecular weight is 248 g/mol. The second-order valence-electron chi connectivity index (χ2n) is 4.75. The molecule has 2 nitrogen and oxygen atoms in total. The van der Waals surface area contributed by atoms with Crippen molar-refractivity contribution in [2.24, 2.45) is 0 Å². The van der Waals surface area contributed by atoms with Gasteiger partial charge in [-0.05, 0) is 35.2 Å². The molecule has 2 aromatic rings. The maximum atomic E-state index is 9.02. The minimum Gasteiger partial charge on any atom is -0.396 e. The summed E-state index contributed by atoms with van der Waals surface area (Å²) in [6.07, 6.45) is 1.87. The van der Waals surface area contributed by atoms with Crippen LogP contribution in [-0.4, -0.2) is 24.9 Å². The van der Waals surface area contributed by atoms with Gasteiger partial charge in [-0.25, -0.2) is 0 Å². The summed E-state index contributed by atoms with van der Waals surface area (Å²) in [5.41, 5.74) is 1.57. The predicted octanol–water partition coefficient (Wildman–Crippen LogP) is 2.94. The molecule has 1 fully saturated rings. The summed E-state index contributed by atoms with van der Waals surface area (Å²) < 4.78 is 6.78. The van der Waals surface area contributed by atoms with E-state index in [0.717, 1.165) is 26.1 Å². The molecule has 1 saturated heterocycles. The van der Waals surface area contributed by atoms with Gasteiger partial charge in [0.2, 0.25) is 0 Å². The Morgan fingerprint density at radius 3 is 2.82 bits per heavy atom. The molecule has 1 aromatic heterocycles. The van der Waals surface area contributed by atoms with Crippen molar-refractivity contribution in [2.75, 3.05) is 19.8 Å². The molecule has 0 amide bonds. The highest BCUT2D eigenvalue weighted by Gasteiger charge is 2.41. The van der Waals surface area contributed by atoms with E-state index in [-0.39, 0.29) is 12.0 Å². The van der Waals surface area contributed by atoms with Crippen LogP contribution in [0.2, 0.25) is 0 Å². The first kappa shape index (κ1) is 11.2. The molecule has 3 rings (SSSR count). The van der Waals surface area contributed by atoms with Gasteiger partial charge in [0.1, 0.15) is 0 Å². The zero-order valence-electron chi connectivity index (χ0n) is 9.69. The first-order valence-corrected chi connectivity index (χ1v) is 6.89. The molecule has 0 saturated carbocycles. The number of benzene rings is 1. The van der Waals surface area contributed by atoms with Crippen LogP contribution in [0.5, 0.6) is 0 Å². The Morgan fingerprint density at radius 2 is 2.12 bits per heavy atom. The van der Waals surface area contributed by atoms with Crippen LogP contribution < -0.4 is 0 Å². The lowest BCUT2D eigenvalue weighted by Crippen LogP contribution is -2.46. The lowest BCUT2D eigenvalue weighted by atomic mass is 9.75. The van der Waals surface area contributed by atoms with E-state index in [1.165, 1.54) is 15.6 Å². The van der Waals surface area contributed by atoms with Gasteiger partial charge in [0.15, 0.2) is 0 Å². The van der Waals surface area contributed by atoms with Gasteiger partial charge >= 0.3 is 0 Å². The van der Waals surface area contributed by atoms with Gasteiger partial charge in [0, 0.05) is 16.7 Å². The van der Waals surface area contributed by atoms with Crippen molar-refractivity contribution in [3.8, 4) is 0 Å². The van der Waals surface area contributed by atoms with E-state index in [2.05, 4.69) is 29.6 Å². The number of thiophene rings is 1. The number of hydrogen-bond acceptors (Lipinski definition) is 3. The molecule has 1 aliphatic heterocycles. The zero-order valence-corrected chi connectivity index (χ0v) is 10.5. The van der Waals surface area contributed by atoms with Gasteiger partial charge in [-0.3, -0.25) is 0 Å². The van der Waals surface area contributed by atoms with Crippen LogP contribution in [0.4, 0.5) is 0 Å². The second-order valence-corrected chi connectivity index (χ2v) is 5.66. The Balaban J connectivity index is 2.01. The fourth-order valence-electron chi connectivity index (χ4n) is 2.59. The topological polar surface area (TPSA) is 29.5 Å². The van der Waals surface area contributed by atoms with Crippen molar-refractivity contribution in [2.45, 2.75) is 18.3 Å². The van der Waals surface area contributed by atoms with Crippen LogP contribution in [0.25, 0.3) is 10.1 Å². The van der Waals surface area contributed by atoms with E-state index in [9.17, 15) is 0 Å². The Morgan fingerprint density at radius 1 is 1.29 bits per heavy atom. The molecule has 17 heavy (non-hydrogen) atoms. The molecule has 0 spiro atoms. The molecule has 1 aromatic carbocycles. The number of aliphatic hydroxyl groups excluding tert-OH is 1.